The van der Waals surface area contributed by atoms with E-state index < -0.39 is 0 Å². The van der Waals surface area contributed by atoms with Gasteiger partial charge in [0.1, 0.15) is 5.82 Å². The van der Waals surface area contributed by atoms with Crippen molar-refractivity contribution in [3.05, 3.63) is 66.2 Å². The van der Waals surface area contributed by atoms with E-state index in [1.54, 1.807) is 12.1 Å². The van der Waals surface area contributed by atoms with Crippen molar-refractivity contribution in [1.82, 2.24) is 9.97 Å². The molecule has 5 heteroatoms. The molecule has 0 aliphatic carbocycles. The maximum atomic E-state index is 8.94. The van der Waals surface area contributed by atoms with Crippen LogP contribution in [0.4, 0.5) is 17.5 Å². The zero-order valence-corrected chi connectivity index (χ0v) is 14.4. The van der Waals surface area contributed by atoms with Crippen molar-refractivity contribution in [3.8, 4) is 17.3 Å². The minimum Gasteiger partial charge on any atom is -0.341 e. The van der Waals surface area contributed by atoms with Crippen LogP contribution < -0.4 is 10.2 Å². The van der Waals surface area contributed by atoms with Crippen LogP contribution >= 0.6 is 0 Å². The van der Waals surface area contributed by atoms with E-state index >= 15 is 0 Å². The first-order chi connectivity index (χ1) is 12.8. The van der Waals surface area contributed by atoms with Gasteiger partial charge in [0.25, 0.3) is 0 Å². The Morgan fingerprint density at radius 1 is 0.923 bits per heavy atom. The van der Waals surface area contributed by atoms with Crippen LogP contribution in [0.3, 0.4) is 0 Å². The largest absolute Gasteiger partial charge is 0.341 e. The quantitative estimate of drug-likeness (QED) is 0.764. The number of nitriles is 1. The van der Waals surface area contributed by atoms with Crippen molar-refractivity contribution in [1.29, 1.82) is 5.26 Å². The summed E-state index contributed by atoms with van der Waals surface area (Å²) >= 11 is 0. The topological polar surface area (TPSA) is 64.8 Å². The molecule has 0 bridgehead atoms. The van der Waals surface area contributed by atoms with Crippen LogP contribution in [-0.2, 0) is 0 Å². The van der Waals surface area contributed by atoms with Crippen molar-refractivity contribution < 1.29 is 0 Å². The Kier molecular flexibility index (Phi) is 4.48. The van der Waals surface area contributed by atoms with E-state index in [2.05, 4.69) is 28.4 Å². The summed E-state index contributed by atoms with van der Waals surface area (Å²) in [5.74, 6) is 1.52. The number of rotatable bonds is 4. The molecule has 1 aliphatic rings. The normalized spacial score (nSPS) is 13.4. The second kappa shape index (κ2) is 7.24. The number of nitrogens with one attached hydrogen (secondary N) is 1. The molecule has 3 aromatic rings. The van der Waals surface area contributed by atoms with Gasteiger partial charge in [0.2, 0.25) is 5.95 Å². The highest BCUT2D eigenvalue weighted by molar-refractivity contribution is 5.67. The summed E-state index contributed by atoms with van der Waals surface area (Å²) in [6, 6.07) is 21.6. The van der Waals surface area contributed by atoms with Gasteiger partial charge in [-0.15, -0.1) is 0 Å². The van der Waals surface area contributed by atoms with Crippen LogP contribution in [0, 0.1) is 11.3 Å². The molecule has 0 amide bonds. The fraction of sp³-hybridized carbons (Fsp3) is 0.190. The van der Waals surface area contributed by atoms with E-state index in [0.717, 1.165) is 41.8 Å². The molecule has 0 saturated carbocycles. The molecule has 0 radical (unpaired) electrons. The average Bonchev–Trinajstić information content (AvgIpc) is 3.24. The van der Waals surface area contributed by atoms with Crippen LogP contribution in [0.2, 0.25) is 0 Å². The molecular weight excluding hydrogens is 322 g/mol. The monoisotopic (exact) mass is 341 g/mol. The third-order valence-electron chi connectivity index (χ3n) is 4.46. The zero-order valence-electron chi connectivity index (χ0n) is 14.4. The molecule has 128 valence electrons. The summed E-state index contributed by atoms with van der Waals surface area (Å²) in [5, 5.41) is 12.3. The van der Waals surface area contributed by atoms with Gasteiger partial charge in [-0.05, 0) is 37.1 Å². The van der Waals surface area contributed by atoms with Crippen LogP contribution in [0.15, 0.2) is 60.7 Å². The number of benzene rings is 2. The lowest BCUT2D eigenvalue weighted by molar-refractivity contribution is 0.902. The fourth-order valence-electron chi connectivity index (χ4n) is 3.09. The molecule has 4 rings (SSSR count). The average molecular weight is 341 g/mol. The molecule has 1 fully saturated rings. The molecule has 5 nitrogen and oxygen atoms in total. The van der Waals surface area contributed by atoms with Gasteiger partial charge in [-0.2, -0.15) is 10.2 Å². The van der Waals surface area contributed by atoms with Crippen LogP contribution in [0.5, 0.6) is 0 Å². The van der Waals surface area contributed by atoms with Gasteiger partial charge < -0.3 is 10.2 Å². The summed E-state index contributed by atoms with van der Waals surface area (Å²) in [7, 11) is 0. The minimum atomic E-state index is 0.640. The molecule has 1 aliphatic heterocycles. The summed E-state index contributed by atoms with van der Waals surface area (Å²) in [6.45, 7) is 1.99. The number of anilines is 3. The van der Waals surface area contributed by atoms with Crippen LogP contribution in [0.25, 0.3) is 11.3 Å². The summed E-state index contributed by atoms with van der Waals surface area (Å²) in [6.07, 6.45) is 2.36. The van der Waals surface area contributed by atoms with Crippen LogP contribution in [0.1, 0.15) is 18.4 Å². The van der Waals surface area contributed by atoms with E-state index in [4.69, 9.17) is 15.2 Å². The fourth-order valence-corrected chi connectivity index (χ4v) is 3.09. The summed E-state index contributed by atoms with van der Waals surface area (Å²) in [4.78, 5) is 11.7. The third-order valence-corrected chi connectivity index (χ3v) is 4.46. The SMILES string of the molecule is N#Cc1ccc(Nc2cc(-c3ccccc3)nc(N3CCCC3)n2)cc1. The zero-order chi connectivity index (χ0) is 17.8. The molecule has 0 atom stereocenters. The highest BCUT2D eigenvalue weighted by atomic mass is 15.3. The standard InChI is InChI=1S/C21H19N5/c22-15-16-8-10-18(11-9-16)23-20-14-19(17-6-2-1-3-7-17)24-21(25-20)26-12-4-5-13-26/h1-3,6-11,14H,4-5,12-13H2,(H,23,24,25). The smallest absolute Gasteiger partial charge is 0.227 e. The van der Waals surface area contributed by atoms with E-state index in [1.807, 2.05) is 36.4 Å². The summed E-state index contributed by atoms with van der Waals surface area (Å²) < 4.78 is 0. The first kappa shape index (κ1) is 16.1. The Morgan fingerprint density at radius 3 is 2.35 bits per heavy atom. The Bertz CT molecular complexity index is 923. The number of aromatic nitrogens is 2. The van der Waals surface area contributed by atoms with E-state index in [-0.39, 0.29) is 0 Å². The maximum Gasteiger partial charge on any atom is 0.227 e. The predicted octanol–water partition coefficient (Wildman–Crippen LogP) is 4.36. The first-order valence-electron chi connectivity index (χ1n) is 8.78. The number of nitrogens with zero attached hydrogens (tertiary/aromatic N) is 4. The van der Waals surface area contributed by atoms with Crippen molar-refractivity contribution in [2.45, 2.75) is 12.8 Å². The van der Waals surface area contributed by atoms with Gasteiger partial charge in [0.05, 0.1) is 17.3 Å². The molecule has 1 saturated heterocycles. The van der Waals surface area contributed by atoms with Gasteiger partial charge in [-0.1, -0.05) is 30.3 Å². The Morgan fingerprint density at radius 2 is 1.65 bits per heavy atom. The predicted molar refractivity (Wildman–Crippen MR) is 103 cm³/mol. The number of hydrogen-bond donors (Lipinski definition) is 1. The highest BCUT2D eigenvalue weighted by Gasteiger charge is 2.17. The lowest BCUT2D eigenvalue weighted by atomic mass is 10.1. The minimum absolute atomic E-state index is 0.640. The second-order valence-electron chi connectivity index (χ2n) is 6.31. The van der Waals surface area contributed by atoms with Crippen molar-refractivity contribution in [3.63, 3.8) is 0 Å². The molecule has 0 unspecified atom stereocenters. The van der Waals surface area contributed by atoms with Gasteiger partial charge in [0.15, 0.2) is 0 Å². The lowest BCUT2D eigenvalue weighted by Gasteiger charge is -2.18. The molecule has 2 aromatic carbocycles. The lowest BCUT2D eigenvalue weighted by Crippen LogP contribution is -2.21. The second-order valence-corrected chi connectivity index (χ2v) is 6.31. The molecule has 0 spiro atoms. The Hall–Kier alpha value is -3.39. The van der Waals surface area contributed by atoms with Crippen molar-refractivity contribution >= 4 is 17.5 Å². The third kappa shape index (κ3) is 3.50. The van der Waals surface area contributed by atoms with Gasteiger partial charge in [0, 0.05) is 30.4 Å². The molecular formula is C21H19N5. The molecule has 26 heavy (non-hydrogen) atoms. The van der Waals surface area contributed by atoms with E-state index in [9.17, 15) is 0 Å². The van der Waals surface area contributed by atoms with Crippen molar-refractivity contribution in [2.24, 2.45) is 0 Å². The number of hydrogen-bond acceptors (Lipinski definition) is 5. The van der Waals surface area contributed by atoms with Crippen molar-refractivity contribution in [2.75, 3.05) is 23.3 Å². The van der Waals surface area contributed by atoms with Gasteiger partial charge in [-0.3, -0.25) is 0 Å². The van der Waals surface area contributed by atoms with Gasteiger partial charge in [-0.25, -0.2) is 4.98 Å². The Balaban J connectivity index is 1.70. The van der Waals surface area contributed by atoms with Gasteiger partial charge >= 0.3 is 0 Å². The van der Waals surface area contributed by atoms with Crippen LogP contribution in [-0.4, -0.2) is 23.1 Å². The van der Waals surface area contributed by atoms with E-state index in [0.29, 0.717) is 5.56 Å². The molecule has 1 N–H and O–H groups in total. The maximum absolute atomic E-state index is 8.94. The molecule has 2 heterocycles. The summed E-state index contributed by atoms with van der Waals surface area (Å²) in [5.41, 5.74) is 3.51. The first-order valence-corrected chi connectivity index (χ1v) is 8.78. The molecule has 1 aromatic heterocycles. The van der Waals surface area contributed by atoms with E-state index in [1.165, 1.54) is 12.8 Å². The Labute approximate surface area is 153 Å². The highest BCUT2D eigenvalue weighted by Crippen LogP contribution is 2.26.